The number of furan rings is 1. The van der Waals surface area contributed by atoms with Crippen molar-refractivity contribution in [1.82, 2.24) is 0 Å². The summed E-state index contributed by atoms with van der Waals surface area (Å²) in [7, 11) is 0. The summed E-state index contributed by atoms with van der Waals surface area (Å²) in [6, 6.07) is 15.7. The molecule has 3 heteroatoms. The number of hydrogen-bond acceptors (Lipinski definition) is 3. The number of rotatable bonds is 2. The van der Waals surface area contributed by atoms with Gasteiger partial charge in [0.15, 0.2) is 0 Å². The largest absolute Gasteiger partial charge is 0.461 e. The molecule has 0 saturated carbocycles. The van der Waals surface area contributed by atoms with E-state index in [0.29, 0.717) is 5.58 Å². The highest BCUT2D eigenvalue weighted by molar-refractivity contribution is 6.03. The summed E-state index contributed by atoms with van der Waals surface area (Å²) in [5.74, 6) is 0.863. The topological polar surface area (TPSA) is 43.4 Å². The van der Waals surface area contributed by atoms with Crippen LogP contribution < -0.4 is 5.63 Å². The zero-order valence-corrected chi connectivity index (χ0v) is 13.1. The maximum absolute atomic E-state index is 11.7. The summed E-state index contributed by atoms with van der Waals surface area (Å²) in [4.78, 5) is 11.7. The van der Waals surface area contributed by atoms with Crippen LogP contribution >= 0.6 is 0 Å². The monoisotopic (exact) mass is 304 g/mol. The molecule has 0 amide bonds. The Labute approximate surface area is 133 Å². The van der Waals surface area contributed by atoms with Crippen molar-refractivity contribution in [2.45, 2.75) is 20.3 Å². The third kappa shape index (κ3) is 2.16. The number of aryl methyl sites for hydroxylation is 2. The van der Waals surface area contributed by atoms with Crippen molar-refractivity contribution in [3.05, 3.63) is 70.3 Å². The highest BCUT2D eigenvalue weighted by Gasteiger charge is 2.15. The van der Waals surface area contributed by atoms with E-state index in [9.17, 15) is 4.79 Å². The Balaban J connectivity index is 2.12. The minimum Gasteiger partial charge on any atom is -0.461 e. The SMILES string of the molecule is CCc1cc(=O)oc2cc3oc(C)c(-c4ccccc4)c3cc12. The second kappa shape index (κ2) is 5.13. The number of hydrogen-bond donors (Lipinski definition) is 0. The van der Waals surface area contributed by atoms with Crippen LogP contribution in [0.2, 0.25) is 0 Å². The molecule has 23 heavy (non-hydrogen) atoms. The van der Waals surface area contributed by atoms with Gasteiger partial charge >= 0.3 is 5.63 Å². The molecule has 3 nitrogen and oxygen atoms in total. The van der Waals surface area contributed by atoms with Crippen LogP contribution in [0.3, 0.4) is 0 Å². The molecule has 2 aromatic carbocycles. The zero-order chi connectivity index (χ0) is 16.0. The quantitative estimate of drug-likeness (QED) is 0.485. The normalized spacial score (nSPS) is 11.4. The Morgan fingerprint density at radius 3 is 2.39 bits per heavy atom. The van der Waals surface area contributed by atoms with Crippen LogP contribution in [-0.2, 0) is 6.42 Å². The molecule has 0 saturated heterocycles. The fourth-order valence-corrected chi connectivity index (χ4v) is 3.20. The van der Waals surface area contributed by atoms with Gasteiger partial charge < -0.3 is 8.83 Å². The molecule has 2 heterocycles. The van der Waals surface area contributed by atoms with Gasteiger partial charge in [0, 0.05) is 28.5 Å². The molecule has 0 aliphatic rings. The maximum atomic E-state index is 11.7. The van der Waals surface area contributed by atoms with Gasteiger partial charge in [-0.15, -0.1) is 0 Å². The fourth-order valence-electron chi connectivity index (χ4n) is 3.20. The second-order valence-electron chi connectivity index (χ2n) is 5.69. The third-order valence-electron chi connectivity index (χ3n) is 4.26. The van der Waals surface area contributed by atoms with Crippen LogP contribution in [0.25, 0.3) is 33.1 Å². The number of benzene rings is 2. The van der Waals surface area contributed by atoms with E-state index < -0.39 is 0 Å². The van der Waals surface area contributed by atoms with E-state index in [1.807, 2.05) is 38.1 Å². The van der Waals surface area contributed by atoms with Crippen molar-refractivity contribution in [2.24, 2.45) is 0 Å². The molecule has 0 aliphatic heterocycles. The van der Waals surface area contributed by atoms with Gasteiger partial charge in [-0.3, -0.25) is 0 Å². The summed E-state index contributed by atoms with van der Waals surface area (Å²) >= 11 is 0. The van der Waals surface area contributed by atoms with Crippen LogP contribution in [0.5, 0.6) is 0 Å². The second-order valence-corrected chi connectivity index (χ2v) is 5.69. The first-order valence-corrected chi connectivity index (χ1v) is 7.72. The maximum Gasteiger partial charge on any atom is 0.336 e. The van der Waals surface area contributed by atoms with Gasteiger partial charge in [-0.2, -0.15) is 0 Å². The first kappa shape index (κ1) is 13.8. The van der Waals surface area contributed by atoms with E-state index in [1.54, 1.807) is 6.07 Å². The Kier molecular flexibility index (Phi) is 3.08. The minimum atomic E-state index is -0.319. The average molecular weight is 304 g/mol. The first-order chi connectivity index (χ1) is 11.2. The molecule has 0 spiro atoms. The molecule has 0 N–H and O–H groups in total. The van der Waals surface area contributed by atoms with E-state index in [2.05, 4.69) is 18.2 Å². The highest BCUT2D eigenvalue weighted by atomic mass is 16.4. The zero-order valence-electron chi connectivity index (χ0n) is 13.1. The standard InChI is InChI=1S/C20H16O3/c1-3-13-9-19(21)23-17-11-18-16(10-15(13)17)20(12(2)22-18)14-7-5-4-6-8-14/h4-11H,3H2,1-2H3. The average Bonchev–Trinajstić information content (AvgIpc) is 2.87. The molecule has 0 radical (unpaired) electrons. The lowest BCUT2D eigenvalue weighted by Crippen LogP contribution is -1.99. The first-order valence-electron chi connectivity index (χ1n) is 7.72. The lowest BCUT2D eigenvalue weighted by molar-refractivity contribution is 0.554. The molecule has 0 bridgehead atoms. The lowest BCUT2D eigenvalue weighted by Gasteiger charge is -2.04. The van der Waals surface area contributed by atoms with Crippen molar-refractivity contribution in [3.8, 4) is 11.1 Å². The van der Waals surface area contributed by atoms with Crippen LogP contribution in [0.4, 0.5) is 0 Å². The van der Waals surface area contributed by atoms with E-state index in [4.69, 9.17) is 8.83 Å². The molecule has 0 unspecified atom stereocenters. The Hall–Kier alpha value is -2.81. The smallest absolute Gasteiger partial charge is 0.336 e. The van der Waals surface area contributed by atoms with Crippen LogP contribution in [0.1, 0.15) is 18.2 Å². The summed E-state index contributed by atoms with van der Waals surface area (Å²) < 4.78 is 11.3. The summed E-state index contributed by atoms with van der Waals surface area (Å²) in [5, 5.41) is 2.02. The molecule has 4 rings (SSSR count). The Morgan fingerprint density at radius 2 is 1.65 bits per heavy atom. The van der Waals surface area contributed by atoms with E-state index >= 15 is 0 Å². The number of fused-ring (bicyclic) bond motifs is 2. The predicted octanol–water partition coefficient (Wildman–Crippen LogP) is 5.08. The van der Waals surface area contributed by atoms with Gasteiger partial charge in [-0.05, 0) is 30.5 Å². The van der Waals surface area contributed by atoms with Gasteiger partial charge in [0.1, 0.15) is 16.9 Å². The molecular formula is C20H16O3. The van der Waals surface area contributed by atoms with E-state index in [1.165, 1.54) is 0 Å². The van der Waals surface area contributed by atoms with Crippen LogP contribution in [0.15, 0.2) is 62.2 Å². The van der Waals surface area contributed by atoms with E-state index in [0.717, 1.165) is 45.2 Å². The minimum absolute atomic E-state index is 0.319. The molecular weight excluding hydrogens is 288 g/mol. The molecule has 2 aromatic heterocycles. The molecule has 0 aliphatic carbocycles. The molecule has 0 fully saturated rings. The Morgan fingerprint density at radius 1 is 0.913 bits per heavy atom. The highest BCUT2D eigenvalue weighted by Crippen LogP contribution is 2.37. The predicted molar refractivity (Wildman–Crippen MR) is 91.8 cm³/mol. The van der Waals surface area contributed by atoms with Crippen molar-refractivity contribution >= 4 is 21.9 Å². The summed E-state index contributed by atoms with van der Waals surface area (Å²) in [5.41, 5.74) is 4.21. The van der Waals surface area contributed by atoms with Crippen molar-refractivity contribution in [2.75, 3.05) is 0 Å². The van der Waals surface area contributed by atoms with Gasteiger partial charge in [-0.1, -0.05) is 37.3 Å². The van der Waals surface area contributed by atoms with Crippen LogP contribution in [-0.4, -0.2) is 0 Å². The molecule has 0 atom stereocenters. The Bertz CT molecular complexity index is 1070. The van der Waals surface area contributed by atoms with Crippen molar-refractivity contribution < 1.29 is 8.83 Å². The van der Waals surface area contributed by atoms with Crippen LogP contribution in [0, 0.1) is 6.92 Å². The summed E-state index contributed by atoms with van der Waals surface area (Å²) in [6.07, 6.45) is 0.783. The van der Waals surface area contributed by atoms with Gasteiger partial charge in [-0.25, -0.2) is 4.79 Å². The summed E-state index contributed by atoms with van der Waals surface area (Å²) in [6.45, 7) is 4.00. The van der Waals surface area contributed by atoms with Gasteiger partial charge in [0.2, 0.25) is 0 Å². The van der Waals surface area contributed by atoms with Gasteiger partial charge in [0.05, 0.1) is 0 Å². The third-order valence-corrected chi connectivity index (χ3v) is 4.26. The fraction of sp³-hybridized carbons (Fsp3) is 0.150. The van der Waals surface area contributed by atoms with E-state index in [-0.39, 0.29) is 5.63 Å². The molecule has 114 valence electrons. The van der Waals surface area contributed by atoms with Crippen molar-refractivity contribution in [3.63, 3.8) is 0 Å². The lowest BCUT2D eigenvalue weighted by atomic mass is 9.99. The van der Waals surface area contributed by atoms with Gasteiger partial charge in [0.25, 0.3) is 0 Å². The molecule has 4 aromatic rings. The van der Waals surface area contributed by atoms with Crippen molar-refractivity contribution in [1.29, 1.82) is 0 Å².